The van der Waals surface area contributed by atoms with Gasteiger partial charge in [-0.2, -0.15) is 0 Å². The van der Waals surface area contributed by atoms with Gasteiger partial charge in [-0.1, -0.05) is 6.07 Å². The van der Waals surface area contributed by atoms with Crippen LogP contribution in [0.5, 0.6) is 0 Å². The number of nitrogens with zero attached hydrogens (tertiary/aromatic N) is 3. The van der Waals surface area contributed by atoms with Gasteiger partial charge >= 0.3 is 0 Å². The maximum Gasteiger partial charge on any atom is 0.128 e. The SMILES string of the molecule is Cc1cc(CO)cc(N(C)CCc2ccccn2)n1. The molecular formula is C15H19N3O. The van der Waals surface area contributed by atoms with Crippen LogP contribution in [0.4, 0.5) is 5.82 Å². The zero-order valence-corrected chi connectivity index (χ0v) is 11.4. The molecule has 0 saturated carbocycles. The van der Waals surface area contributed by atoms with Gasteiger partial charge in [-0.05, 0) is 36.8 Å². The van der Waals surface area contributed by atoms with Gasteiger partial charge in [0.05, 0.1) is 6.61 Å². The second kappa shape index (κ2) is 6.29. The fraction of sp³-hybridized carbons (Fsp3) is 0.333. The van der Waals surface area contributed by atoms with Crippen molar-refractivity contribution in [1.29, 1.82) is 0 Å². The third-order valence-corrected chi connectivity index (χ3v) is 3.00. The highest BCUT2D eigenvalue weighted by atomic mass is 16.3. The van der Waals surface area contributed by atoms with Gasteiger partial charge in [0, 0.05) is 37.6 Å². The molecule has 0 aliphatic rings. The van der Waals surface area contributed by atoms with Crippen LogP contribution >= 0.6 is 0 Å². The van der Waals surface area contributed by atoms with Crippen LogP contribution < -0.4 is 4.90 Å². The number of aliphatic hydroxyl groups is 1. The molecule has 0 aliphatic heterocycles. The van der Waals surface area contributed by atoms with Crippen molar-refractivity contribution in [3.63, 3.8) is 0 Å². The highest BCUT2D eigenvalue weighted by molar-refractivity contribution is 5.41. The molecule has 19 heavy (non-hydrogen) atoms. The van der Waals surface area contributed by atoms with E-state index in [2.05, 4.69) is 14.9 Å². The smallest absolute Gasteiger partial charge is 0.128 e. The second-order valence-electron chi connectivity index (χ2n) is 4.63. The van der Waals surface area contributed by atoms with E-state index in [0.29, 0.717) is 0 Å². The Morgan fingerprint density at radius 2 is 2.11 bits per heavy atom. The molecule has 0 saturated heterocycles. The average molecular weight is 257 g/mol. The summed E-state index contributed by atoms with van der Waals surface area (Å²) in [6.45, 7) is 2.83. The Balaban J connectivity index is 2.03. The number of rotatable bonds is 5. The number of aryl methyl sites for hydroxylation is 1. The number of aromatic nitrogens is 2. The molecule has 100 valence electrons. The summed E-state index contributed by atoms with van der Waals surface area (Å²) in [5, 5.41) is 9.22. The third-order valence-electron chi connectivity index (χ3n) is 3.00. The van der Waals surface area contributed by atoms with Crippen molar-refractivity contribution in [2.24, 2.45) is 0 Å². The summed E-state index contributed by atoms with van der Waals surface area (Å²) >= 11 is 0. The summed E-state index contributed by atoms with van der Waals surface area (Å²) < 4.78 is 0. The molecule has 0 amide bonds. The Morgan fingerprint density at radius 1 is 1.26 bits per heavy atom. The molecule has 0 aliphatic carbocycles. The van der Waals surface area contributed by atoms with Crippen molar-refractivity contribution in [1.82, 2.24) is 9.97 Å². The molecule has 2 rings (SSSR count). The highest BCUT2D eigenvalue weighted by Crippen LogP contribution is 2.14. The maximum atomic E-state index is 9.22. The van der Waals surface area contributed by atoms with E-state index in [1.54, 1.807) is 0 Å². The minimum atomic E-state index is 0.0461. The van der Waals surface area contributed by atoms with E-state index in [4.69, 9.17) is 0 Å². The zero-order chi connectivity index (χ0) is 13.7. The van der Waals surface area contributed by atoms with Gasteiger partial charge in [0.1, 0.15) is 5.82 Å². The zero-order valence-electron chi connectivity index (χ0n) is 11.4. The van der Waals surface area contributed by atoms with Crippen molar-refractivity contribution >= 4 is 5.82 Å². The summed E-state index contributed by atoms with van der Waals surface area (Å²) in [5.74, 6) is 0.889. The first-order valence-corrected chi connectivity index (χ1v) is 6.38. The van der Waals surface area contributed by atoms with Crippen LogP contribution in [0, 0.1) is 6.92 Å². The standard InChI is InChI=1S/C15H19N3O/c1-12-9-13(11-19)10-15(17-12)18(2)8-6-14-5-3-4-7-16-14/h3-5,7,9-10,19H,6,8,11H2,1-2H3. The third kappa shape index (κ3) is 3.76. The first-order chi connectivity index (χ1) is 9.19. The van der Waals surface area contributed by atoms with Gasteiger partial charge < -0.3 is 10.0 Å². The number of anilines is 1. The number of likely N-dealkylation sites (N-methyl/N-ethyl adjacent to an activating group) is 1. The Kier molecular flexibility index (Phi) is 4.47. The van der Waals surface area contributed by atoms with E-state index in [1.807, 2.05) is 50.5 Å². The van der Waals surface area contributed by atoms with Gasteiger partial charge in [-0.15, -0.1) is 0 Å². The van der Waals surface area contributed by atoms with Crippen LogP contribution in [-0.4, -0.2) is 28.7 Å². The molecule has 2 aromatic heterocycles. The van der Waals surface area contributed by atoms with E-state index in [9.17, 15) is 5.11 Å². The Labute approximate surface area is 113 Å². The van der Waals surface area contributed by atoms with Crippen LogP contribution in [0.3, 0.4) is 0 Å². The normalized spacial score (nSPS) is 10.5. The first kappa shape index (κ1) is 13.5. The van der Waals surface area contributed by atoms with E-state index < -0.39 is 0 Å². The molecule has 1 N–H and O–H groups in total. The van der Waals surface area contributed by atoms with Crippen molar-refractivity contribution in [2.75, 3.05) is 18.5 Å². The van der Waals surface area contributed by atoms with Crippen molar-refractivity contribution < 1.29 is 5.11 Å². The van der Waals surface area contributed by atoms with Crippen molar-refractivity contribution in [3.8, 4) is 0 Å². The molecule has 2 aromatic rings. The quantitative estimate of drug-likeness (QED) is 0.889. The van der Waals surface area contributed by atoms with Gasteiger partial charge in [-0.25, -0.2) is 4.98 Å². The average Bonchev–Trinajstić information content (AvgIpc) is 2.45. The molecule has 0 spiro atoms. The summed E-state index contributed by atoms with van der Waals surface area (Å²) in [4.78, 5) is 10.9. The minimum absolute atomic E-state index is 0.0461. The van der Waals surface area contributed by atoms with Crippen molar-refractivity contribution in [2.45, 2.75) is 20.0 Å². The summed E-state index contributed by atoms with van der Waals surface area (Å²) in [7, 11) is 2.01. The highest BCUT2D eigenvalue weighted by Gasteiger charge is 2.05. The predicted octanol–water partition coefficient (Wildman–Crippen LogP) is 1.96. The second-order valence-corrected chi connectivity index (χ2v) is 4.63. The van der Waals surface area contributed by atoms with Crippen LogP contribution in [0.15, 0.2) is 36.5 Å². The monoisotopic (exact) mass is 257 g/mol. The molecule has 2 heterocycles. The van der Waals surface area contributed by atoms with Crippen LogP contribution in [0.1, 0.15) is 17.0 Å². The van der Waals surface area contributed by atoms with E-state index in [1.165, 1.54) is 0 Å². The minimum Gasteiger partial charge on any atom is -0.392 e. The molecule has 4 nitrogen and oxygen atoms in total. The lowest BCUT2D eigenvalue weighted by atomic mass is 10.2. The van der Waals surface area contributed by atoms with Gasteiger partial charge in [-0.3, -0.25) is 4.98 Å². The van der Waals surface area contributed by atoms with Gasteiger partial charge in [0.2, 0.25) is 0 Å². The van der Waals surface area contributed by atoms with Gasteiger partial charge in [0.25, 0.3) is 0 Å². The Bertz CT molecular complexity index is 528. The van der Waals surface area contributed by atoms with E-state index >= 15 is 0 Å². The lowest BCUT2D eigenvalue weighted by Gasteiger charge is -2.19. The largest absolute Gasteiger partial charge is 0.392 e. The molecule has 0 radical (unpaired) electrons. The number of pyridine rings is 2. The topological polar surface area (TPSA) is 49.2 Å². The van der Waals surface area contributed by atoms with E-state index in [0.717, 1.165) is 35.7 Å². The number of aliphatic hydroxyl groups excluding tert-OH is 1. The lowest BCUT2D eigenvalue weighted by Crippen LogP contribution is -2.22. The Hall–Kier alpha value is -1.94. The van der Waals surface area contributed by atoms with Crippen LogP contribution in [0.25, 0.3) is 0 Å². The molecule has 0 unspecified atom stereocenters. The predicted molar refractivity (Wildman–Crippen MR) is 76.1 cm³/mol. The summed E-state index contributed by atoms with van der Waals surface area (Å²) in [6, 6.07) is 9.76. The summed E-state index contributed by atoms with van der Waals surface area (Å²) in [5.41, 5.74) is 2.89. The molecule has 4 heteroatoms. The fourth-order valence-corrected chi connectivity index (χ4v) is 1.95. The molecule has 0 atom stereocenters. The summed E-state index contributed by atoms with van der Waals surface area (Å²) in [6.07, 6.45) is 2.69. The Morgan fingerprint density at radius 3 is 2.79 bits per heavy atom. The first-order valence-electron chi connectivity index (χ1n) is 6.38. The molecule has 0 bridgehead atoms. The van der Waals surface area contributed by atoms with Crippen molar-refractivity contribution in [3.05, 3.63) is 53.5 Å². The lowest BCUT2D eigenvalue weighted by molar-refractivity contribution is 0.281. The van der Waals surface area contributed by atoms with Crippen LogP contribution in [0.2, 0.25) is 0 Å². The molecular weight excluding hydrogens is 238 g/mol. The fourth-order valence-electron chi connectivity index (χ4n) is 1.95. The van der Waals surface area contributed by atoms with E-state index in [-0.39, 0.29) is 6.61 Å². The number of hydrogen-bond acceptors (Lipinski definition) is 4. The molecule has 0 fully saturated rings. The van der Waals surface area contributed by atoms with Gasteiger partial charge in [0.15, 0.2) is 0 Å². The molecule has 0 aromatic carbocycles. The van der Waals surface area contributed by atoms with Crippen LogP contribution in [-0.2, 0) is 13.0 Å². The number of hydrogen-bond donors (Lipinski definition) is 1. The maximum absolute atomic E-state index is 9.22.